The molecule has 132 valence electrons. The van der Waals surface area contributed by atoms with Gasteiger partial charge in [-0.1, -0.05) is 25.1 Å². The summed E-state index contributed by atoms with van der Waals surface area (Å²) < 4.78 is 5.89. The highest BCUT2D eigenvalue weighted by molar-refractivity contribution is 6.09. The van der Waals surface area contributed by atoms with Crippen LogP contribution in [0.5, 0.6) is 0 Å². The Hall–Kier alpha value is -2.56. The lowest BCUT2D eigenvalue weighted by atomic mass is 9.75. The monoisotopic (exact) mass is 340 g/mol. The van der Waals surface area contributed by atoms with Gasteiger partial charge in [0, 0.05) is 23.2 Å². The minimum Gasteiger partial charge on any atom is -0.455 e. The lowest BCUT2D eigenvalue weighted by Gasteiger charge is -2.28. The van der Waals surface area contributed by atoms with Gasteiger partial charge in [0.25, 0.3) is 5.91 Å². The Kier molecular flexibility index (Phi) is 4.19. The van der Waals surface area contributed by atoms with E-state index in [9.17, 15) is 10.0 Å². The number of fused-ring (bicyclic) bond motifs is 1. The zero-order valence-electron chi connectivity index (χ0n) is 15.4. The summed E-state index contributed by atoms with van der Waals surface area (Å²) in [6.07, 6.45) is 1.36. The Labute approximate surface area is 147 Å². The molecule has 1 aliphatic rings. The Balaban J connectivity index is 1.95. The molecule has 1 amide bonds. The molecule has 0 fully saturated rings. The first-order valence-corrected chi connectivity index (χ1v) is 8.44. The first-order valence-electron chi connectivity index (χ1n) is 8.44. The van der Waals surface area contributed by atoms with Crippen molar-refractivity contribution in [2.45, 2.75) is 47.5 Å². The van der Waals surface area contributed by atoms with Crippen LogP contribution in [0.25, 0.3) is 0 Å². The van der Waals surface area contributed by atoms with Crippen molar-refractivity contribution in [2.24, 2.45) is 10.6 Å². The van der Waals surface area contributed by atoms with Crippen molar-refractivity contribution in [3.8, 4) is 0 Å². The molecule has 0 saturated carbocycles. The van der Waals surface area contributed by atoms with Crippen LogP contribution in [0.15, 0.2) is 27.8 Å². The zero-order valence-corrected chi connectivity index (χ0v) is 15.4. The number of oxime groups is 1. The maximum atomic E-state index is 12.7. The normalized spacial score (nSPS) is 17.4. The van der Waals surface area contributed by atoms with Crippen molar-refractivity contribution in [3.05, 3.63) is 52.0 Å². The SMILES string of the molecule is Cc1ccc(NC(=O)c2oc3c(c2C)/C(=N\O)CC(C)(C)C3)cc1C. The predicted molar refractivity (Wildman–Crippen MR) is 97.7 cm³/mol. The molecule has 1 aliphatic carbocycles. The predicted octanol–water partition coefficient (Wildman–Crippen LogP) is 4.61. The van der Waals surface area contributed by atoms with Gasteiger partial charge >= 0.3 is 0 Å². The minimum atomic E-state index is -0.287. The molecule has 1 aromatic heterocycles. The van der Waals surface area contributed by atoms with E-state index in [0.29, 0.717) is 24.3 Å². The van der Waals surface area contributed by atoms with Gasteiger partial charge in [0.15, 0.2) is 5.76 Å². The van der Waals surface area contributed by atoms with Crippen molar-refractivity contribution >= 4 is 17.3 Å². The van der Waals surface area contributed by atoms with Crippen molar-refractivity contribution in [3.63, 3.8) is 0 Å². The number of hydrogen-bond acceptors (Lipinski definition) is 4. The van der Waals surface area contributed by atoms with Crippen LogP contribution in [-0.2, 0) is 6.42 Å². The average molecular weight is 340 g/mol. The Bertz CT molecular complexity index is 875. The highest BCUT2D eigenvalue weighted by Crippen LogP contribution is 2.39. The van der Waals surface area contributed by atoms with Gasteiger partial charge in [-0.05, 0) is 55.9 Å². The van der Waals surface area contributed by atoms with Gasteiger partial charge < -0.3 is 14.9 Å². The van der Waals surface area contributed by atoms with E-state index in [0.717, 1.165) is 22.4 Å². The molecule has 2 aromatic rings. The number of furan rings is 1. The van der Waals surface area contributed by atoms with Gasteiger partial charge in [-0.25, -0.2) is 0 Å². The summed E-state index contributed by atoms with van der Waals surface area (Å²) in [5.41, 5.74) is 5.03. The fraction of sp³-hybridized carbons (Fsp3) is 0.400. The lowest BCUT2D eigenvalue weighted by molar-refractivity contribution is 0.0993. The molecule has 0 bridgehead atoms. The fourth-order valence-corrected chi connectivity index (χ4v) is 3.42. The van der Waals surface area contributed by atoms with Gasteiger partial charge in [-0.3, -0.25) is 4.79 Å². The molecule has 0 saturated heterocycles. The molecule has 0 atom stereocenters. The van der Waals surface area contributed by atoms with E-state index in [-0.39, 0.29) is 17.1 Å². The van der Waals surface area contributed by atoms with Crippen LogP contribution in [-0.4, -0.2) is 16.8 Å². The first-order chi connectivity index (χ1) is 11.7. The van der Waals surface area contributed by atoms with E-state index in [2.05, 4.69) is 24.3 Å². The second kappa shape index (κ2) is 6.06. The van der Waals surface area contributed by atoms with E-state index in [1.54, 1.807) is 0 Å². The number of carbonyl (C=O) groups excluding carboxylic acids is 1. The smallest absolute Gasteiger partial charge is 0.291 e. The third-order valence-corrected chi connectivity index (χ3v) is 4.89. The molecular weight excluding hydrogens is 316 g/mol. The highest BCUT2D eigenvalue weighted by atomic mass is 16.4. The van der Waals surface area contributed by atoms with Crippen LogP contribution in [0.3, 0.4) is 0 Å². The molecule has 0 spiro atoms. The molecule has 3 rings (SSSR count). The third-order valence-electron chi connectivity index (χ3n) is 4.89. The highest BCUT2D eigenvalue weighted by Gasteiger charge is 2.36. The Morgan fingerprint density at radius 3 is 2.56 bits per heavy atom. The summed E-state index contributed by atoms with van der Waals surface area (Å²) in [5.74, 6) is 0.708. The maximum Gasteiger partial charge on any atom is 0.291 e. The summed E-state index contributed by atoms with van der Waals surface area (Å²) in [6, 6.07) is 5.79. The van der Waals surface area contributed by atoms with Crippen molar-refractivity contribution in [2.75, 3.05) is 5.32 Å². The summed E-state index contributed by atoms with van der Waals surface area (Å²) >= 11 is 0. The topological polar surface area (TPSA) is 74.8 Å². The van der Waals surface area contributed by atoms with Crippen molar-refractivity contribution in [1.29, 1.82) is 0 Å². The second-order valence-corrected chi connectivity index (χ2v) is 7.67. The van der Waals surface area contributed by atoms with Crippen LogP contribution in [0.1, 0.15) is 58.8 Å². The molecule has 0 radical (unpaired) electrons. The molecule has 0 aliphatic heterocycles. The number of aryl methyl sites for hydroxylation is 2. The molecule has 2 N–H and O–H groups in total. The van der Waals surface area contributed by atoms with E-state index in [1.807, 2.05) is 39.0 Å². The Morgan fingerprint density at radius 2 is 1.92 bits per heavy atom. The maximum absolute atomic E-state index is 12.7. The first kappa shape index (κ1) is 17.3. The molecule has 1 heterocycles. The summed E-state index contributed by atoms with van der Waals surface area (Å²) in [4.78, 5) is 12.7. The standard InChI is InChI=1S/C20H24N2O3/c1-11-6-7-14(8-12(11)2)21-19(23)18-13(3)17-15(22-24)9-20(4,5)10-16(17)25-18/h6-8,24H,9-10H2,1-5H3,(H,21,23)/b22-15-. The molecule has 25 heavy (non-hydrogen) atoms. The van der Waals surface area contributed by atoms with Crippen LogP contribution >= 0.6 is 0 Å². The lowest BCUT2D eigenvalue weighted by Crippen LogP contribution is -2.27. The number of rotatable bonds is 2. The molecule has 5 nitrogen and oxygen atoms in total. The van der Waals surface area contributed by atoms with Gasteiger partial charge in [0.1, 0.15) is 5.76 Å². The number of carbonyl (C=O) groups is 1. The molecular formula is C20H24N2O3. The number of nitrogens with one attached hydrogen (secondary N) is 1. The fourth-order valence-electron chi connectivity index (χ4n) is 3.42. The zero-order chi connectivity index (χ0) is 18.4. The number of benzene rings is 1. The number of amides is 1. The van der Waals surface area contributed by atoms with E-state index >= 15 is 0 Å². The molecule has 0 unspecified atom stereocenters. The van der Waals surface area contributed by atoms with E-state index in [1.165, 1.54) is 5.56 Å². The van der Waals surface area contributed by atoms with Crippen molar-refractivity contribution in [1.82, 2.24) is 0 Å². The summed E-state index contributed by atoms with van der Waals surface area (Å²) in [7, 11) is 0. The summed E-state index contributed by atoms with van der Waals surface area (Å²) in [6.45, 7) is 10.1. The van der Waals surface area contributed by atoms with Crippen LogP contribution in [0.4, 0.5) is 5.69 Å². The third kappa shape index (κ3) is 3.18. The van der Waals surface area contributed by atoms with E-state index in [4.69, 9.17) is 4.42 Å². The molecule has 1 aromatic carbocycles. The van der Waals surface area contributed by atoms with Gasteiger partial charge in [0.2, 0.25) is 0 Å². The number of anilines is 1. The van der Waals surface area contributed by atoms with Crippen LogP contribution < -0.4 is 5.32 Å². The van der Waals surface area contributed by atoms with Crippen molar-refractivity contribution < 1.29 is 14.4 Å². The summed E-state index contributed by atoms with van der Waals surface area (Å²) in [5, 5.41) is 15.7. The second-order valence-electron chi connectivity index (χ2n) is 7.67. The molecule has 5 heteroatoms. The largest absolute Gasteiger partial charge is 0.455 e. The average Bonchev–Trinajstić information content (AvgIpc) is 2.85. The number of hydrogen-bond donors (Lipinski definition) is 2. The van der Waals surface area contributed by atoms with Crippen LogP contribution in [0, 0.1) is 26.2 Å². The minimum absolute atomic E-state index is 0.0688. The van der Waals surface area contributed by atoms with Gasteiger partial charge in [-0.15, -0.1) is 0 Å². The van der Waals surface area contributed by atoms with Gasteiger partial charge in [0.05, 0.1) is 5.71 Å². The quantitative estimate of drug-likeness (QED) is 0.619. The van der Waals surface area contributed by atoms with E-state index < -0.39 is 0 Å². The Morgan fingerprint density at radius 1 is 1.20 bits per heavy atom. The number of nitrogens with zero attached hydrogens (tertiary/aromatic N) is 1. The van der Waals surface area contributed by atoms with Crippen LogP contribution in [0.2, 0.25) is 0 Å². The van der Waals surface area contributed by atoms with Gasteiger partial charge in [-0.2, -0.15) is 0 Å².